The van der Waals surface area contributed by atoms with Crippen LogP contribution in [0.5, 0.6) is 0 Å². The lowest BCUT2D eigenvalue weighted by molar-refractivity contribution is 0.804. The van der Waals surface area contributed by atoms with Crippen molar-refractivity contribution in [3.63, 3.8) is 0 Å². The summed E-state index contributed by atoms with van der Waals surface area (Å²) in [5.41, 5.74) is 8.22. The Morgan fingerprint density at radius 2 is 2.18 bits per heavy atom. The Bertz CT molecular complexity index is 496. The Morgan fingerprint density at radius 1 is 1.41 bits per heavy atom. The molecule has 90 valence electrons. The normalized spacial score (nSPS) is 12.4. The molecule has 3 N–H and O–H groups in total. The van der Waals surface area contributed by atoms with E-state index in [0.29, 0.717) is 6.54 Å². The van der Waals surface area contributed by atoms with Crippen molar-refractivity contribution in [2.24, 2.45) is 5.73 Å². The van der Waals surface area contributed by atoms with Crippen molar-refractivity contribution in [1.82, 2.24) is 0 Å². The summed E-state index contributed by atoms with van der Waals surface area (Å²) in [6.07, 6.45) is 0. The minimum Gasteiger partial charge on any atom is -0.376 e. The van der Waals surface area contributed by atoms with Crippen molar-refractivity contribution in [3.05, 3.63) is 50.6 Å². The minimum atomic E-state index is 0.174. The van der Waals surface area contributed by atoms with Crippen LogP contribution in [0.4, 0.5) is 5.69 Å². The highest BCUT2D eigenvalue weighted by Gasteiger charge is 2.12. The van der Waals surface area contributed by atoms with E-state index >= 15 is 0 Å². The first kappa shape index (κ1) is 12.6. The highest BCUT2D eigenvalue weighted by molar-refractivity contribution is 9.10. The second-order valence-electron chi connectivity index (χ2n) is 3.91. The van der Waals surface area contributed by atoms with Gasteiger partial charge in [0.05, 0.1) is 6.04 Å². The highest BCUT2D eigenvalue weighted by atomic mass is 79.9. The Labute approximate surface area is 114 Å². The van der Waals surface area contributed by atoms with Crippen LogP contribution in [0, 0.1) is 6.92 Å². The van der Waals surface area contributed by atoms with Crippen LogP contribution in [0.3, 0.4) is 0 Å². The van der Waals surface area contributed by atoms with Crippen molar-refractivity contribution in [1.29, 1.82) is 0 Å². The molecule has 17 heavy (non-hydrogen) atoms. The molecular formula is C13H15BrN2S. The van der Waals surface area contributed by atoms with Gasteiger partial charge in [-0.05, 0) is 40.5 Å². The van der Waals surface area contributed by atoms with Crippen LogP contribution >= 0.6 is 27.3 Å². The molecule has 0 radical (unpaired) electrons. The average Bonchev–Trinajstić information content (AvgIpc) is 2.75. The standard InChI is InChI=1S/C13H15BrN2S/c1-9-4-2-3-5-11(9)16-12(7-15)13-6-10(14)8-17-13/h2-6,8,12,16H,7,15H2,1H3. The lowest BCUT2D eigenvalue weighted by atomic mass is 10.1. The Hall–Kier alpha value is -0.840. The number of benzene rings is 1. The average molecular weight is 311 g/mol. The SMILES string of the molecule is Cc1ccccc1NC(CN)c1cc(Br)cs1. The topological polar surface area (TPSA) is 38.0 Å². The van der Waals surface area contributed by atoms with E-state index in [4.69, 9.17) is 5.73 Å². The van der Waals surface area contributed by atoms with Gasteiger partial charge in [-0.1, -0.05) is 18.2 Å². The van der Waals surface area contributed by atoms with Crippen molar-refractivity contribution in [2.45, 2.75) is 13.0 Å². The number of nitrogens with two attached hydrogens (primary N) is 1. The number of para-hydroxylation sites is 1. The summed E-state index contributed by atoms with van der Waals surface area (Å²) >= 11 is 5.19. The fourth-order valence-electron chi connectivity index (χ4n) is 1.68. The van der Waals surface area contributed by atoms with E-state index < -0.39 is 0 Å². The Morgan fingerprint density at radius 3 is 2.76 bits per heavy atom. The molecule has 4 heteroatoms. The summed E-state index contributed by atoms with van der Waals surface area (Å²) in [6, 6.07) is 10.5. The highest BCUT2D eigenvalue weighted by Crippen LogP contribution is 2.28. The monoisotopic (exact) mass is 310 g/mol. The number of rotatable bonds is 4. The molecule has 0 spiro atoms. The van der Waals surface area contributed by atoms with Crippen LogP contribution in [0.25, 0.3) is 0 Å². The Kier molecular flexibility index (Phi) is 4.20. The predicted molar refractivity (Wildman–Crippen MR) is 78.6 cm³/mol. The summed E-state index contributed by atoms with van der Waals surface area (Å²) in [6.45, 7) is 2.68. The zero-order valence-corrected chi connectivity index (χ0v) is 12.0. The van der Waals surface area contributed by atoms with Gasteiger partial charge in [-0.15, -0.1) is 11.3 Å². The third-order valence-electron chi connectivity index (χ3n) is 2.64. The number of thiophene rings is 1. The molecule has 1 atom stereocenters. The van der Waals surface area contributed by atoms with Gasteiger partial charge in [0, 0.05) is 27.0 Å². The summed E-state index contributed by atoms with van der Waals surface area (Å²) in [5.74, 6) is 0. The fraction of sp³-hybridized carbons (Fsp3) is 0.231. The summed E-state index contributed by atoms with van der Waals surface area (Å²) in [4.78, 5) is 1.25. The molecule has 2 rings (SSSR count). The van der Waals surface area contributed by atoms with Gasteiger partial charge >= 0.3 is 0 Å². The summed E-state index contributed by atoms with van der Waals surface area (Å²) in [5, 5.41) is 5.57. The molecule has 0 aliphatic rings. The van der Waals surface area contributed by atoms with Crippen LogP contribution in [-0.2, 0) is 0 Å². The molecule has 1 aromatic heterocycles. The van der Waals surface area contributed by atoms with Crippen molar-refractivity contribution in [2.75, 3.05) is 11.9 Å². The number of anilines is 1. The van der Waals surface area contributed by atoms with E-state index in [1.54, 1.807) is 11.3 Å². The smallest absolute Gasteiger partial charge is 0.0729 e. The first-order chi connectivity index (χ1) is 8.20. The van der Waals surface area contributed by atoms with E-state index in [0.717, 1.165) is 10.2 Å². The lowest BCUT2D eigenvalue weighted by Gasteiger charge is -2.18. The van der Waals surface area contributed by atoms with E-state index in [1.165, 1.54) is 10.4 Å². The van der Waals surface area contributed by atoms with Crippen LogP contribution in [0.15, 0.2) is 40.2 Å². The van der Waals surface area contributed by atoms with Gasteiger partial charge in [-0.3, -0.25) is 0 Å². The lowest BCUT2D eigenvalue weighted by Crippen LogP contribution is -2.19. The second-order valence-corrected chi connectivity index (χ2v) is 5.77. The van der Waals surface area contributed by atoms with Crippen molar-refractivity contribution >= 4 is 33.0 Å². The quantitative estimate of drug-likeness (QED) is 0.898. The maximum atomic E-state index is 5.84. The molecule has 0 amide bonds. The number of halogens is 1. The fourth-order valence-corrected chi connectivity index (χ4v) is 3.19. The Balaban J connectivity index is 2.18. The number of hydrogen-bond donors (Lipinski definition) is 2. The molecule has 1 heterocycles. The molecule has 0 aliphatic carbocycles. The molecule has 2 nitrogen and oxygen atoms in total. The molecule has 0 aliphatic heterocycles. The van der Waals surface area contributed by atoms with Gasteiger partial charge in [-0.25, -0.2) is 0 Å². The second kappa shape index (κ2) is 5.67. The molecule has 0 saturated heterocycles. The van der Waals surface area contributed by atoms with Crippen molar-refractivity contribution < 1.29 is 0 Å². The zero-order chi connectivity index (χ0) is 12.3. The third kappa shape index (κ3) is 3.09. The zero-order valence-electron chi connectivity index (χ0n) is 9.61. The minimum absolute atomic E-state index is 0.174. The van der Waals surface area contributed by atoms with E-state index in [1.807, 2.05) is 12.1 Å². The van der Waals surface area contributed by atoms with Crippen LogP contribution in [-0.4, -0.2) is 6.54 Å². The molecule has 0 saturated carbocycles. The van der Waals surface area contributed by atoms with Gasteiger partial charge < -0.3 is 11.1 Å². The molecule has 1 unspecified atom stereocenters. The van der Waals surface area contributed by atoms with Gasteiger partial charge in [0.25, 0.3) is 0 Å². The van der Waals surface area contributed by atoms with Crippen LogP contribution in [0.2, 0.25) is 0 Å². The van der Waals surface area contributed by atoms with Gasteiger partial charge in [0.2, 0.25) is 0 Å². The molecule has 1 aromatic carbocycles. The molecular weight excluding hydrogens is 296 g/mol. The number of aryl methyl sites for hydroxylation is 1. The van der Waals surface area contributed by atoms with Crippen LogP contribution in [0.1, 0.15) is 16.5 Å². The van der Waals surface area contributed by atoms with E-state index in [2.05, 4.69) is 51.7 Å². The maximum absolute atomic E-state index is 5.84. The van der Waals surface area contributed by atoms with Gasteiger partial charge in [-0.2, -0.15) is 0 Å². The maximum Gasteiger partial charge on any atom is 0.0729 e. The van der Waals surface area contributed by atoms with Crippen molar-refractivity contribution in [3.8, 4) is 0 Å². The van der Waals surface area contributed by atoms with Crippen LogP contribution < -0.4 is 11.1 Å². The molecule has 2 aromatic rings. The van der Waals surface area contributed by atoms with E-state index in [9.17, 15) is 0 Å². The van der Waals surface area contributed by atoms with Gasteiger partial charge in [0.1, 0.15) is 0 Å². The largest absolute Gasteiger partial charge is 0.376 e. The molecule has 0 fully saturated rings. The third-order valence-corrected chi connectivity index (χ3v) is 4.45. The summed E-state index contributed by atoms with van der Waals surface area (Å²) in [7, 11) is 0. The number of nitrogens with one attached hydrogen (secondary N) is 1. The summed E-state index contributed by atoms with van der Waals surface area (Å²) < 4.78 is 1.11. The first-order valence-electron chi connectivity index (χ1n) is 5.47. The molecule has 0 bridgehead atoms. The van der Waals surface area contributed by atoms with E-state index in [-0.39, 0.29) is 6.04 Å². The first-order valence-corrected chi connectivity index (χ1v) is 7.14. The van der Waals surface area contributed by atoms with Gasteiger partial charge in [0.15, 0.2) is 0 Å². The number of hydrogen-bond acceptors (Lipinski definition) is 3. The predicted octanol–water partition coefficient (Wildman–Crippen LogP) is 3.93.